The van der Waals surface area contributed by atoms with Crippen LogP contribution in [0.2, 0.25) is 5.02 Å². The third-order valence-electron chi connectivity index (χ3n) is 4.25. The number of carbonyl (C=O) groups is 2. The lowest BCUT2D eigenvalue weighted by Crippen LogP contribution is -2.35. The summed E-state index contributed by atoms with van der Waals surface area (Å²) in [7, 11) is 0. The van der Waals surface area contributed by atoms with Crippen LogP contribution in [0.4, 0.5) is 5.69 Å². The normalized spacial score (nSPS) is 10.6. The lowest BCUT2D eigenvalue weighted by atomic mass is 10.2. The molecule has 0 aliphatic rings. The minimum absolute atomic E-state index is 0.191. The van der Waals surface area contributed by atoms with Gasteiger partial charge in [-0.1, -0.05) is 31.5 Å². The highest BCUT2D eigenvalue weighted by Crippen LogP contribution is 2.22. The van der Waals surface area contributed by atoms with Crippen LogP contribution >= 0.6 is 11.6 Å². The summed E-state index contributed by atoms with van der Waals surface area (Å²) >= 11 is 5.88. The number of benzene rings is 2. The van der Waals surface area contributed by atoms with Crippen LogP contribution in [0.1, 0.15) is 31.1 Å². The molecule has 2 aromatic rings. The molecule has 0 heterocycles. The zero-order valence-corrected chi connectivity index (χ0v) is 17.2. The molecule has 28 heavy (non-hydrogen) atoms. The van der Waals surface area contributed by atoms with Crippen molar-refractivity contribution in [3.8, 4) is 5.75 Å². The van der Waals surface area contributed by atoms with Gasteiger partial charge < -0.3 is 15.1 Å². The molecule has 2 amide bonds. The van der Waals surface area contributed by atoms with Crippen molar-refractivity contribution < 1.29 is 14.4 Å². The van der Waals surface area contributed by atoms with Crippen molar-refractivity contribution in [2.45, 2.75) is 20.8 Å². The molecule has 0 saturated heterocycles. The zero-order chi connectivity index (χ0) is 20.5. The number of halogens is 1. The zero-order valence-electron chi connectivity index (χ0n) is 16.4. The number of likely N-dealkylation sites (N-methyl/N-ethyl adjacent to an activating group) is 1. The van der Waals surface area contributed by atoms with E-state index in [2.05, 4.69) is 24.1 Å². The van der Waals surface area contributed by atoms with Crippen molar-refractivity contribution in [1.29, 1.82) is 0 Å². The summed E-state index contributed by atoms with van der Waals surface area (Å²) in [5, 5.41) is 4.63. The van der Waals surface area contributed by atoms with Crippen LogP contribution in [0.15, 0.2) is 48.5 Å². The third-order valence-corrected chi connectivity index (χ3v) is 4.50. The Morgan fingerprint density at radius 1 is 1.07 bits per heavy atom. The Labute approximate surface area is 171 Å². The van der Waals surface area contributed by atoms with E-state index in [0.29, 0.717) is 28.6 Å². The van der Waals surface area contributed by atoms with Gasteiger partial charge in [0.1, 0.15) is 0 Å². The Hall–Kier alpha value is -2.57. The molecule has 150 valence electrons. The van der Waals surface area contributed by atoms with Crippen molar-refractivity contribution in [2.24, 2.45) is 0 Å². The molecule has 2 rings (SSSR count). The average Bonchev–Trinajstić information content (AvgIpc) is 2.70. The topological polar surface area (TPSA) is 61.9 Å². The fourth-order valence-electron chi connectivity index (χ4n) is 2.64. The first kappa shape index (κ1) is 21.7. The molecule has 0 atom stereocenters. The number of amides is 2. The first-order chi connectivity index (χ1) is 13.4. The number of hydrogen-bond acceptors (Lipinski definition) is 4. The quantitative estimate of drug-likeness (QED) is 0.647. The van der Waals surface area contributed by atoms with Gasteiger partial charge in [-0.2, -0.15) is 0 Å². The molecule has 0 aliphatic heterocycles. The van der Waals surface area contributed by atoms with Gasteiger partial charge in [-0.3, -0.25) is 9.59 Å². The fraction of sp³-hybridized carbons (Fsp3) is 0.333. The number of rotatable bonds is 9. The van der Waals surface area contributed by atoms with Crippen LogP contribution in [0, 0.1) is 0 Å². The van der Waals surface area contributed by atoms with Gasteiger partial charge in [0.05, 0.1) is 5.69 Å². The Kier molecular flexibility index (Phi) is 8.29. The third kappa shape index (κ3) is 6.25. The Balaban J connectivity index is 2.09. The van der Waals surface area contributed by atoms with E-state index in [1.165, 1.54) is 6.92 Å². The van der Waals surface area contributed by atoms with E-state index in [-0.39, 0.29) is 11.8 Å². The summed E-state index contributed by atoms with van der Waals surface area (Å²) in [4.78, 5) is 32.4. The van der Waals surface area contributed by atoms with E-state index < -0.39 is 0 Å². The smallest absolute Gasteiger partial charge is 0.256 e. The Morgan fingerprint density at radius 2 is 1.75 bits per heavy atom. The van der Waals surface area contributed by atoms with E-state index in [0.717, 1.165) is 24.7 Å². The van der Waals surface area contributed by atoms with Gasteiger partial charge in [-0.25, -0.2) is 0 Å². The van der Waals surface area contributed by atoms with Crippen molar-refractivity contribution in [3.05, 3.63) is 59.1 Å². The summed E-state index contributed by atoms with van der Waals surface area (Å²) in [6, 6.07) is 13.5. The van der Waals surface area contributed by atoms with E-state index in [1.807, 2.05) is 0 Å². The molecule has 2 aromatic carbocycles. The predicted octanol–water partition coefficient (Wildman–Crippen LogP) is 3.76. The SMILES string of the molecule is CCN(CC)CCNC(=O)c1cccc(N(Oc2ccc(Cl)cc2)C(C)=O)c1. The maximum absolute atomic E-state index is 12.5. The molecule has 0 aromatic heterocycles. The second kappa shape index (κ2) is 10.7. The van der Waals surface area contributed by atoms with Crippen LogP contribution in [0.3, 0.4) is 0 Å². The highest BCUT2D eigenvalue weighted by atomic mass is 35.5. The first-order valence-corrected chi connectivity index (χ1v) is 9.67. The Morgan fingerprint density at radius 3 is 2.36 bits per heavy atom. The highest BCUT2D eigenvalue weighted by molar-refractivity contribution is 6.30. The van der Waals surface area contributed by atoms with Crippen LogP contribution < -0.4 is 15.2 Å². The molecule has 0 fully saturated rings. The van der Waals surface area contributed by atoms with Crippen LogP contribution in [0.5, 0.6) is 5.75 Å². The van der Waals surface area contributed by atoms with Gasteiger partial charge in [0.25, 0.3) is 11.8 Å². The van der Waals surface area contributed by atoms with E-state index in [1.54, 1.807) is 48.5 Å². The predicted molar refractivity (Wildman–Crippen MR) is 112 cm³/mol. The van der Waals surface area contributed by atoms with Crippen molar-refractivity contribution in [3.63, 3.8) is 0 Å². The summed E-state index contributed by atoms with van der Waals surface area (Å²) in [5.41, 5.74) is 0.932. The second-order valence-corrected chi connectivity index (χ2v) is 6.63. The molecule has 1 N–H and O–H groups in total. The van der Waals surface area contributed by atoms with E-state index in [9.17, 15) is 9.59 Å². The van der Waals surface area contributed by atoms with Gasteiger partial charge in [0.15, 0.2) is 5.75 Å². The number of nitrogens with one attached hydrogen (secondary N) is 1. The highest BCUT2D eigenvalue weighted by Gasteiger charge is 2.16. The maximum atomic E-state index is 12.5. The van der Waals surface area contributed by atoms with E-state index in [4.69, 9.17) is 16.4 Å². The first-order valence-electron chi connectivity index (χ1n) is 9.29. The summed E-state index contributed by atoms with van der Waals surface area (Å²) < 4.78 is 0. The minimum atomic E-state index is -0.311. The molecule has 0 saturated carbocycles. The Bertz CT molecular complexity index is 792. The maximum Gasteiger partial charge on any atom is 0.256 e. The molecule has 6 nitrogen and oxygen atoms in total. The van der Waals surface area contributed by atoms with Crippen molar-refractivity contribution in [1.82, 2.24) is 10.2 Å². The fourth-order valence-corrected chi connectivity index (χ4v) is 2.77. The summed E-state index contributed by atoms with van der Waals surface area (Å²) in [5.74, 6) is -0.0354. The summed E-state index contributed by atoms with van der Waals surface area (Å²) in [6.45, 7) is 8.81. The molecule has 0 spiro atoms. The van der Waals surface area contributed by atoms with Crippen LogP contribution in [-0.4, -0.2) is 42.9 Å². The van der Waals surface area contributed by atoms with Gasteiger partial charge in [-0.05, 0) is 55.6 Å². The largest absolute Gasteiger partial charge is 0.372 e. The van der Waals surface area contributed by atoms with Gasteiger partial charge in [0.2, 0.25) is 0 Å². The van der Waals surface area contributed by atoms with Crippen molar-refractivity contribution in [2.75, 3.05) is 31.2 Å². The van der Waals surface area contributed by atoms with Gasteiger partial charge >= 0.3 is 0 Å². The van der Waals surface area contributed by atoms with E-state index >= 15 is 0 Å². The number of carbonyl (C=O) groups excluding carboxylic acids is 2. The molecule has 0 aliphatic carbocycles. The monoisotopic (exact) mass is 403 g/mol. The molecule has 7 heteroatoms. The molecule has 0 radical (unpaired) electrons. The molecular formula is C21H26ClN3O3. The number of hydrogen-bond donors (Lipinski definition) is 1. The molecular weight excluding hydrogens is 378 g/mol. The lowest BCUT2D eigenvalue weighted by molar-refractivity contribution is -0.120. The number of anilines is 1. The van der Waals surface area contributed by atoms with Gasteiger partial charge in [-0.15, -0.1) is 5.06 Å². The number of nitrogens with zero attached hydrogens (tertiary/aromatic N) is 2. The van der Waals surface area contributed by atoms with Crippen LogP contribution in [-0.2, 0) is 4.79 Å². The summed E-state index contributed by atoms with van der Waals surface area (Å²) in [6.07, 6.45) is 0. The lowest BCUT2D eigenvalue weighted by Gasteiger charge is -2.21. The van der Waals surface area contributed by atoms with Crippen LogP contribution in [0.25, 0.3) is 0 Å². The number of hydroxylamine groups is 1. The average molecular weight is 404 g/mol. The molecule has 0 unspecified atom stereocenters. The standard InChI is InChI=1S/C21H26ClN3O3/c1-4-24(5-2)14-13-23-21(27)17-7-6-8-19(15-17)25(16(3)26)28-20-11-9-18(22)10-12-20/h6-12,15H,4-5,13-14H2,1-3H3,(H,23,27). The minimum Gasteiger partial charge on any atom is -0.372 e. The van der Waals surface area contributed by atoms with Gasteiger partial charge in [0, 0.05) is 30.6 Å². The van der Waals surface area contributed by atoms with Crippen molar-refractivity contribution >= 4 is 29.1 Å². The molecule has 0 bridgehead atoms. The second-order valence-electron chi connectivity index (χ2n) is 6.19.